The van der Waals surface area contributed by atoms with E-state index in [2.05, 4.69) is 15.0 Å². The molecule has 3 aromatic carbocycles. The van der Waals surface area contributed by atoms with E-state index in [1.807, 2.05) is 0 Å². The molecule has 1 aromatic heterocycles. The molecule has 4 aromatic rings. The van der Waals surface area contributed by atoms with Crippen molar-refractivity contribution in [2.24, 2.45) is 5.14 Å². The number of halogens is 3. The number of sulfonamides is 1. The van der Waals surface area contributed by atoms with Crippen molar-refractivity contribution in [3.8, 4) is 17.4 Å². The van der Waals surface area contributed by atoms with Gasteiger partial charge in [0.1, 0.15) is 17.1 Å². The second kappa shape index (κ2) is 9.24. The summed E-state index contributed by atoms with van der Waals surface area (Å²) in [6, 6.07) is 18.4. The van der Waals surface area contributed by atoms with Crippen molar-refractivity contribution in [3.63, 3.8) is 0 Å². The van der Waals surface area contributed by atoms with E-state index in [1.54, 1.807) is 24.3 Å². The monoisotopic (exact) mass is 503 g/mol. The summed E-state index contributed by atoms with van der Waals surface area (Å²) >= 11 is 0. The average molecular weight is 503 g/mol. The third-order valence-electron chi connectivity index (χ3n) is 4.63. The first-order valence-electron chi connectivity index (χ1n) is 9.86. The van der Waals surface area contributed by atoms with E-state index in [4.69, 9.17) is 9.88 Å². The Kier molecular flexibility index (Phi) is 6.33. The van der Waals surface area contributed by atoms with E-state index < -0.39 is 28.0 Å². The van der Waals surface area contributed by atoms with Crippen LogP contribution < -0.4 is 19.9 Å². The SMILES string of the molecule is NS(=O)(=O)c1cccc(NC(=O)c2cc3ccccc3nc2Oc2ccc(OC(F)(F)F)cc2)c1. The summed E-state index contributed by atoms with van der Waals surface area (Å²) in [4.78, 5) is 17.3. The molecule has 0 fully saturated rings. The number of primary sulfonamides is 1. The molecule has 0 bridgehead atoms. The number of carbonyl (C=O) groups excluding carboxylic acids is 1. The Labute approximate surface area is 197 Å². The predicted molar refractivity (Wildman–Crippen MR) is 121 cm³/mol. The van der Waals surface area contributed by atoms with Gasteiger partial charge in [-0.2, -0.15) is 0 Å². The number of nitrogens with zero attached hydrogens (tertiary/aromatic N) is 1. The van der Waals surface area contributed by atoms with Gasteiger partial charge in [0.15, 0.2) is 0 Å². The molecule has 3 N–H and O–H groups in total. The molecule has 0 saturated heterocycles. The van der Waals surface area contributed by atoms with Crippen LogP contribution in [-0.2, 0) is 10.0 Å². The van der Waals surface area contributed by atoms with Gasteiger partial charge >= 0.3 is 6.36 Å². The number of amides is 1. The number of hydrogen-bond acceptors (Lipinski definition) is 6. The number of carbonyl (C=O) groups is 1. The smallest absolute Gasteiger partial charge is 0.438 e. The highest BCUT2D eigenvalue weighted by atomic mass is 32.2. The minimum Gasteiger partial charge on any atom is -0.438 e. The van der Waals surface area contributed by atoms with Gasteiger partial charge < -0.3 is 14.8 Å². The number of hydrogen-bond donors (Lipinski definition) is 2. The fourth-order valence-corrected chi connectivity index (χ4v) is 3.67. The van der Waals surface area contributed by atoms with E-state index in [0.29, 0.717) is 10.9 Å². The van der Waals surface area contributed by atoms with Crippen LogP contribution in [0, 0.1) is 0 Å². The Bertz CT molecular complexity index is 1510. The number of fused-ring (bicyclic) bond motifs is 1. The average Bonchev–Trinajstić information content (AvgIpc) is 2.78. The zero-order valence-electron chi connectivity index (χ0n) is 17.6. The molecule has 0 aliphatic heterocycles. The first kappa shape index (κ1) is 24.0. The molecule has 0 atom stereocenters. The summed E-state index contributed by atoms with van der Waals surface area (Å²) in [5.74, 6) is -1.12. The minimum absolute atomic E-state index is 0.000303. The number of nitrogens with one attached hydrogen (secondary N) is 1. The van der Waals surface area contributed by atoms with Crippen LogP contribution in [0.2, 0.25) is 0 Å². The number of nitrogens with two attached hydrogens (primary N) is 1. The van der Waals surface area contributed by atoms with Gasteiger partial charge in [0.2, 0.25) is 15.9 Å². The van der Waals surface area contributed by atoms with Crippen LogP contribution >= 0.6 is 0 Å². The molecular weight excluding hydrogens is 487 g/mol. The summed E-state index contributed by atoms with van der Waals surface area (Å²) in [5.41, 5.74) is 0.668. The molecule has 4 rings (SSSR count). The van der Waals surface area contributed by atoms with E-state index >= 15 is 0 Å². The molecule has 0 aliphatic rings. The number of anilines is 1. The number of aromatic nitrogens is 1. The van der Waals surface area contributed by atoms with Gasteiger partial charge in [-0.15, -0.1) is 13.2 Å². The second-order valence-electron chi connectivity index (χ2n) is 7.18. The molecule has 1 heterocycles. The maximum absolute atomic E-state index is 13.1. The van der Waals surface area contributed by atoms with Gasteiger partial charge in [0.05, 0.1) is 10.4 Å². The molecule has 0 unspecified atom stereocenters. The van der Waals surface area contributed by atoms with Crippen LogP contribution in [0.25, 0.3) is 10.9 Å². The van der Waals surface area contributed by atoms with Gasteiger partial charge in [-0.05, 0) is 54.6 Å². The fourth-order valence-electron chi connectivity index (χ4n) is 3.11. The second-order valence-corrected chi connectivity index (χ2v) is 8.74. The first-order chi connectivity index (χ1) is 16.5. The fraction of sp³-hybridized carbons (Fsp3) is 0.0435. The maximum atomic E-state index is 13.1. The number of alkyl halides is 3. The van der Waals surface area contributed by atoms with E-state index in [0.717, 1.165) is 12.1 Å². The first-order valence-corrected chi connectivity index (χ1v) is 11.4. The van der Waals surface area contributed by atoms with Gasteiger partial charge in [0.25, 0.3) is 5.91 Å². The molecular formula is C23H16F3N3O5S. The molecule has 35 heavy (non-hydrogen) atoms. The lowest BCUT2D eigenvalue weighted by atomic mass is 10.1. The van der Waals surface area contributed by atoms with E-state index in [-0.39, 0.29) is 27.8 Å². The summed E-state index contributed by atoms with van der Waals surface area (Å²) in [7, 11) is -3.99. The molecule has 0 spiro atoms. The van der Waals surface area contributed by atoms with Crippen molar-refractivity contribution >= 4 is 32.5 Å². The van der Waals surface area contributed by atoms with E-state index in [9.17, 15) is 26.4 Å². The molecule has 1 amide bonds. The predicted octanol–water partition coefficient (Wildman–Crippen LogP) is 4.83. The lowest BCUT2D eigenvalue weighted by Crippen LogP contribution is -2.17. The zero-order chi connectivity index (χ0) is 25.2. The standard InChI is InChI=1S/C23H16F3N3O5S/c24-23(25,26)34-17-10-8-16(9-11-17)33-22-19(12-14-4-1-2-7-20(14)29-22)21(30)28-15-5-3-6-18(13-15)35(27,31)32/h1-13H,(H,28,30)(H2,27,31,32). The van der Waals surface area contributed by atoms with Gasteiger partial charge in [-0.3, -0.25) is 4.79 Å². The Hall–Kier alpha value is -4.16. The van der Waals surface area contributed by atoms with Crippen LogP contribution in [0.3, 0.4) is 0 Å². The number of benzene rings is 3. The highest BCUT2D eigenvalue weighted by molar-refractivity contribution is 7.89. The largest absolute Gasteiger partial charge is 0.573 e. The lowest BCUT2D eigenvalue weighted by molar-refractivity contribution is -0.274. The molecule has 0 saturated carbocycles. The Morgan fingerprint density at radius 1 is 0.914 bits per heavy atom. The summed E-state index contributed by atoms with van der Waals surface area (Å²) < 4.78 is 70.0. The van der Waals surface area contributed by atoms with Crippen molar-refractivity contribution in [2.45, 2.75) is 11.3 Å². The van der Waals surface area contributed by atoms with Gasteiger partial charge in [-0.25, -0.2) is 18.5 Å². The highest BCUT2D eigenvalue weighted by Gasteiger charge is 2.31. The number of ether oxygens (including phenoxy) is 2. The van der Waals surface area contributed by atoms with Crippen LogP contribution in [0.4, 0.5) is 18.9 Å². The summed E-state index contributed by atoms with van der Waals surface area (Å²) in [6.07, 6.45) is -4.84. The molecule has 0 radical (unpaired) electrons. The van der Waals surface area contributed by atoms with Crippen LogP contribution in [-0.4, -0.2) is 25.7 Å². The maximum Gasteiger partial charge on any atom is 0.573 e. The quantitative estimate of drug-likeness (QED) is 0.389. The lowest BCUT2D eigenvalue weighted by Gasteiger charge is -2.13. The summed E-state index contributed by atoms with van der Waals surface area (Å²) in [5, 5.41) is 8.34. The van der Waals surface area contributed by atoms with Crippen molar-refractivity contribution < 1.29 is 35.9 Å². The Morgan fingerprint density at radius 2 is 1.60 bits per heavy atom. The summed E-state index contributed by atoms with van der Waals surface area (Å²) in [6.45, 7) is 0. The van der Waals surface area contributed by atoms with Crippen LogP contribution in [0.1, 0.15) is 10.4 Å². The number of para-hydroxylation sites is 1. The van der Waals surface area contributed by atoms with Gasteiger partial charge in [-0.1, -0.05) is 24.3 Å². The van der Waals surface area contributed by atoms with Crippen molar-refractivity contribution in [1.82, 2.24) is 4.98 Å². The third kappa shape index (κ3) is 6.05. The highest BCUT2D eigenvalue weighted by Crippen LogP contribution is 2.30. The minimum atomic E-state index is -4.84. The van der Waals surface area contributed by atoms with Crippen molar-refractivity contribution in [3.05, 3.63) is 84.4 Å². The molecule has 8 nitrogen and oxygen atoms in total. The third-order valence-corrected chi connectivity index (χ3v) is 5.54. The molecule has 12 heteroatoms. The van der Waals surface area contributed by atoms with Crippen molar-refractivity contribution in [1.29, 1.82) is 0 Å². The van der Waals surface area contributed by atoms with E-state index in [1.165, 1.54) is 42.5 Å². The van der Waals surface area contributed by atoms with Gasteiger partial charge in [0, 0.05) is 11.1 Å². The number of pyridine rings is 1. The van der Waals surface area contributed by atoms with Crippen molar-refractivity contribution in [2.75, 3.05) is 5.32 Å². The zero-order valence-corrected chi connectivity index (χ0v) is 18.4. The topological polar surface area (TPSA) is 121 Å². The Balaban J connectivity index is 1.66. The molecule has 0 aliphatic carbocycles. The normalized spacial score (nSPS) is 11.8. The van der Waals surface area contributed by atoms with Crippen LogP contribution in [0.15, 0.2) is 83.8 Å². The molecule has 180 valence electrons. The number of rotatable bonds is 6. The van der Waals surface area contributed by atoms with Crippen LogP contribution in [0.5, 0.6) is 17.4 Å². The Morgan fingerprint density at radius 3 is 2.29 bits per heavy atom.